The van der Waals surface area contributed by atoms with E-state index in [-0.39, 0.29) is 5.95 Å². The van der Waals surface area contributed by atoms with Crippen LogP contribution < -0.4 is 16.0 Å². The molecule has 7 heteroatoms. The molecule has 0 spiro atoms. The molecule has 0 unspecified atom stereocenters. The number of anilines is 4. The maximum Gasteiger partial charge on any atom is 0.233 e. The largest absolute Gasteiger partial charge is 0.368 e. The van der Waals surface area contributed by atoms with Crippen molar-refractivity contribution in [3.8, 4) is 0 Å². The Morgan fingerprint density at radius 2 is 1.75 bits per heavy atom. The molecule has 6 nitrogen and oxygen atoms in total. The summed E-state index contributed by atoms with van der Waals surface area (Å²) in [5.74, 6) is 1.27. The number of aromatic nitrogens is 3. The van der Waals surface area contributed by atoms with Gasteiger partial charge in [-0.3, -0.25) is 0 Å². The van der Waals surface area contributed by atoms with E-state index in [4.69, 9.17) is 5.73 Å². The van der Waals surface area contributed by atoms with E-state index >= 15 is 0 Å². The van der Waals surface area contributed by atoms with E-state index in [1.54, 1.807) is 0 Å². The van der Waals surface area contributed by atoms with Gasteiger partial charge in [0.25, 0.3) is 0 Å². The highest BCUT2D eigenvalue weighted by atomic mass is 127. The molecule has 1 aromatic carbocycles. The van der Waals surface area contributed by atoms with Gasteiger partial charge < -0.3 is 16.0 Å². The van der Waals surface area contributed by atoms with Crippen LogP contribution in [0.4, 0.5) is 23.5 Å². The zero-order valence-corrected chi connectivity index (χ0v) is 13.6. The normalized spacial score (nSPS) is 10.3. The van der Waals surface area contributed by atoms with Gasteiger partial charge in [-0.25, -0.2) is 0 Å². The van der Waals surface area contributed by atoms with Crippen molar-refractivity contribution in [3.05, 3.63) is 27.8 Å². The van der Waals surface area contributed by atoms with Crippen LogP contribution in [0.5, 0.6) is 0 Å². The Morgan fingerprint density at radius 3 is 2.35 bits per heavy atom. The second-order valence-electron chi connectivity index (χ2n) is 4.12. The molecule has 2 aromatic rings. The van der Waals surface area contributed by atoms with Gasteiger partial charge >= 0.3 is 0 Å². The third kappa shape index (κ3) is 3.69. The molecule has 1 aromatic heterocycles. The molecule has 1 heterocycles. The first kappa shape index (κ1) is 14.8. The van der Waals surface area contributed by atoms with Gasteiger partial charge in [0.15, 0.2) is 0 Å². The maximum atomic E-state index is 5.75. The molecule has 0 fully saturated rings. The Hall–Kier alpha value is -1.64. The Bertz CT molecular complexity index is 568. The van der Waals surface area contributed by atoms with E-state index in [9.17, 15) is 0 Å². The molecule has 0 saturated carbocycles. The van der Waals surface area contributed by atoms with E-state index in [1.165, 1.54) is 3.57 Å². The monoisotopic (exact) mass is 384 g/mol. The van der Waals surface area contributed by atoms with Crippen molar-refractivity contribution < 1.29 is 0 Å². The molecular weight excluding hydrogens is 367 g/mol. The lowest BCUT2D eigenvalue weighted by Crippen LogP contribution is -2.25. The van der Waals surface area contributed by atoms with E-state index in [0.29, 0.717) is 11.9 Å². The third-order valence-electron chi connectivity index (χ3n) is 2.79. The first-order chi connectivity index (χ1) is 9.62. The van der Waals surface area contributed by atoms with Crippen LogP contribution >= 0.6 is 22.6 Å². The van der Waals surface area contributed by atoms with Gasteiger partial charge in [-0.05, 0) is 60.7 Å². The molecule has 2 rings (SSSR count). The van der Waals surface area contributed by atoms with Gasteiger partial charge in [0, 0.05) is 22.3 Å². The molecule has 0 atom stereocenters. The van der Waals surface area contributed by atoms with Crippen molar-refractivity contribution in [1.82, 2.24) is 15.0 Å². The van der Waals surface area contributed by atoms with Gasteiger partial charge in [-0.1, -0.05) is 0 Å². The second-order valence-corrected chi connectivity index (χ2v) is 5.37. The van der Waals surface area contributed by atoms with Gasteiger partial charge in [-0.2, -0.15) is 15.0 Å². The summed E-state index contributed by atoms with van der Waals surface area (Å²) in [4.78, 5) is 14.7. The topological polar surface area (TPSA) is 80.0 Å². The highest BCUT2D eigenvalue weighted by molar-refractivity contribution is 14.1. The molecular formula is C13H17IN6. The fraction of sp³-hybridized carbons (Fsp3) is 0.308. The number of benzene rings is 1. The molecule has 3 N–H and O–H groups in total. The zero-order chi connectivity index (χ0) is 14.5. The second kappa shape index (κ2) is 6.69. The maximum absolute atomic E-state index is 5.75. The Morgan fingerprint density at radius 1 is 1.10 bits per heavy atom. The van der Waals surface area contributed by atoms with E-state index in [0.717, 1.165) is 18.8 Å². The zero-order valence-electron chi connectivity index (χ0n) is 11.5. The number of nitrogens with zero attached hydrogens (tertiary/aromatic N) is 4. The number of hydrogen-bond donors (Lipinski definition) is 2. The standard InChI is InChI=1S/C13H17IN6/c1-3-20(4-2)13-18-11(15)17-12(19-13)16-10-7-5-9(14)6-8-10/h5-8H,3-4H2,1-2H3,(H3,15,16,17,18,19). The summed E-state index contributed by atoms with van der Waals surface area (Å²) in [6, 6.07) is 7.97. The summed E-state index contributed by atoms with van der Waals surface area (Å²) >= 11 is 2.26. The van der Waals surface area contributed by atoms with Crippen LogP contribution in [0.3, 0.4) is 0 Å². The van der Waals surface area contributed by atoms with Gasteiger partial charge in [0.05, 0.1) is 0 Å². The average Bonchev–Trinajstić information content (AvgIpc) is 2.42. The molecule has 0 aliphatic carbocycles. The number of nitrogens with two attached hydrogens (primary N) is 1. The summed E-state index contributed by atoms with van der Waals surface area (Å²) in [6.45, 7) is 5.75. The Labute approximate surface area is 132 Å². The van der Waals surface area contributed by atoms with Gasteiger partial charge in [0.2, 0.25) is 17.8 Å². The summed E-state index contributed by atoms with van der Waals surface area (Å²) in [7, 11) is 0. The molecule has 0 bridgehead atoms. The van der Waals surface area contributed by atoms with Gasteiger partial charge in [-0.15, -0.1) is 0 Å². The summed E-state index contributed by atoms with van der Waals surface area (Å²) in [5.41, 5.74) is 6.67. The SMILES string of the molecule is CCN(CC)c1nc(N)nc(Nc2ccc(I)cc2)n1. The minimum atomic E-state index is 0.218. The van der Waals surface area contributed by atoms with Crippen LogP contribution in [0.2, 0.25) is 0 Å². The van der Waals surface area contributed by atoms with Crippen molar-refractivity contribution in [3.63, 3.8) is 0 Å². The Balaban J connectivity index is 2.25. The molecule has 106 valence electrons. The predicted molar refractivity (Wildman–Crippen MR) is 90.2 cm³/mol. The highest BCUT2D eigenvalue weighted by Gasteiger charge is 2.09. The van der Waals surface area contributed by atoms with Crippen LogP contribution in [0, 0.1) is 3.57 Å². The molecule has 0 aliphatic rings. The molecule has 0 saturated heterocycles. The van der Waals surface area contributed by atoms with E-state index in [2.05, 4.69) is 56.7 Å². The van der Waals surface area contributed by atoms with Crippen LogP contribution in [-0.4, -0.2) is 28.0 Å². The molecule has 0 aliphatic heterocycles. The van der Waals surface area contributed by atoms with Crippen molar-refractivity contribution in [2.45, 2.75) is 13.8 Å². The van der Waals surface area contributed by atoms with E-state index < -0.39 is 0 Å². The van der Waals surface area contributed by atoms with Crippen LogP contribution in [0.15, 0.2) is 24.3 Å². The quantitative estimate of drug-likeness (QED) is 0.772. The summed E-state index contributed by atoms with van der Waals surface area (Å²) in [6.07, 6.45) is 0. The lowest BCUT2D eigenvalue weighted by molar-refractivity contribution is 0.816. The fourth-order valence-corrected chi connectivity index (χ4v) is 2.11. The minimum absolute atomic E-state index is 0.218. The number of halogens is 1. The number of hydrogen-bond acceptors (Lipinski definition) is 6. The van der Waals surface area contributed by atoms with Crippen molar-refractivity contribution >= 4 is 46.1 Å². The number of nitrogens with one attached hydrogen (secondary N) is 1. The van der Waals surface area contributed by atoms with E-state index in [1.807, 2.05) is 29.2 Å². The minimum Gasteiger partial charge on any atom is -0.368 e. The first-order valence-electron chi connectivity index (χ1n) is 6.41. The average molecular weight is 384 g/mol. The van der Waals surface area contributed by atoms with Gasteiger partial charge in [0.1, 0.15) is 0 Å². The fourth-order valence-electron chi connectivity index (χ4n) is 1.75. The predicted octanol–water partition coefficient (Wildman–Crippen LogP) is 2.65. The number of rotatable bonds is 5. The smallest absolute Gasteiger partial charge is 0.233 e. The Kier molecular flexibility index (Phi) is 4.94. The van der Waals surface area contributed by atoms with Crippen molar-refractivity contribution in [1.29, 1.82) is 0 Å². The van der Waals surface area contributed by atoms with Crippen molar-refractivity contribution in [2.75, 3.05) is 29.0 Å². The van der Waals surface area contributed by atoms with Crippen LogP contribution in [0.1, 0.15) is 13.8 Å². The third-order valence-corrected chi connectivity index (χ3v) is 3.51. The molecule has 20 heavy (non-hydrogen) atoms. The summed E-state index contributed by atoms with van der Waals surface area (Å²) in [5, 5.41) is 3.14. The van der Waals surface area contributed by atoms with Crippen LogP contribution in [0.25, 0.3) is 0 Å². The highest BCUT2D eigenvalue weighted by Crippen LogP contribution is 2.17. The summed E-state index contributed by atoms with van der Waals surface area (Å²) < 4.78 is 1.17. The van der Waals surface area contributed by atoms with Crippen LogP contribution in [-0.2, 0) is 0 Å². The lowest BCUT2D eigenvalue weighted by Gasteiger charge is -2.19. The number of nitrogen functional groups attached to an aromatic ring is 1. The molecule has 0 amide bonds. The molecule has 0 radical (unpaired) electrons. The first-order valence-corrected chi connectivity index (χ1v) is 7.49. The van der Waals surface area contributed by atoms with Crippen molar-refractivity contribution in [2.24, 2.45) is 0 Å². The lowest BCUT2D eigenvalue weighted by atomic mass is 10.3.